The van der Waals surface area contributed by atoms with Crippen molar-refractivity contribution in [3.63, 3.8) is 0 Å². The highest BCUT2D eigenvalue weighted by atomic mass is 32.2. The molecule has 136 valence electrons. The second-order valence-electron chi connectivity index (χ2n) is 5.54. The molecule has 26 heavy (non-hydrogen) atoms. The summed E-state index contributed by atoms with van der Waals surface area (Å²) < 4.78 is 33.0. The van der Waals surface area contributed by atoms with Crippen LogP contribution in [0.4, 0.5) is 17.1 Å². The Kier molecular flexibility index (Phi) is 4.81. The van der Waals surface area contributed by atoms with E-state index in [1.165, 1.54) is 18.2 Å². The van der Waals surface area contributed by atoms with Gasteiger partial charge in [-0.05, 0) is 49.4 Å². The molecule has 3 rings (SSSR count). The molecule has 0 spiro atoms. The van der Waals surface area contributed by atoms with E-state index >= 15 is 0 Å². The highest BCUT2D eigenvalue weighted by Gasteiger charge is 2.21. The van der Waals surface area contributed by atoms with Crippen molar-refractivity contribution in [2.75, 3.05) is 22.0 Å². The number of carbonyl (C=O) groups is 2. The molecule has 9 heteroatoms. The lowest BCUT2D eigenvalue weighted by Crippen LogP contribution is -2.16. The van der Waals surface area contributed by atoms with Crippen molar-refractivity contribution in [2.45, 2.75) is 18.2 Å². The van der Waals surface area contributed by atoms with Crippen LogP contribution >= 0.6 is 0 Å². The third kappa shape index (κ3) is 3.94. The summed E-state index contributed by atoms with van der Waals surface area (Å²) in [4.78, 5) is 23.1. The van der Waals surface area contributed by atoms with E-state index in [0.717, 1.165) is 0 Å². The van der Waals surface area contributed by atoms with E-state index in [-0.39, 0.29) is 17.0 Å². The summed E-state index contributed by atoms with van der Waals surface area (Å²) >= 11 is 0. The van der Waals surface area contributed by atoms with E-state index in [1.807, 2.05) is 6.92 Å². The summed E-state index contributed by atoms with van der Waals surface area (Å²) in [7, 11) is -3.87. The van der Waals surface area contributed by atoms with Gasteiger partial charge in [-0.2, -0.15) is 0 Å². The first kappa shape index (κ1) is 17.7. The molecule has 0 saturated heterocycles. The minimum absolute atomic E-state index is 0.0402. The molecule has 0 fully saturated rings. The highest BCUT2D eigenvalue weighted by molar-refractivity contribution is 7.92. The van der Waals surface area contributed by atoms with Gasteiger partial charge in [0.1, 0.15) is 12.2 Å². The molecule has 1 aliphatic heterocycles. The maximum Gasteiger partial charge on any atom is 0.261 e. The lowest BCUT2D eigenvalue weighted by Gasteiger charge is -2.12. The summed E-state index contributed by atoms with van der Waals surface area (Å²) in [5.74, 6) is -0.321. The fourth-order valence-corrected chi connectivity index (χ4v) is 3.52. The van der Waals surface area contributed by atoms with Crippen molar-refractivity contribution in [3.8, 4) is 5.75 Å². The van der Waals surface area contributed by atoms with Gasteiger partial charge in [0.05, 0.1) is 22.9 Å². The van der Waals surface area contributed by atoms with Crippen LogP contribution in [0, 0.1) is 0 Å². The predicted molar refractivity (Wildman–Crippen MR) is 96.7 cm³/mol. The first-order valence-electron chi connectivity index (χ1n) is 7.87. The zero-order chi connectivity index (χ0) is 18.7. The summed E-state index contributed by atoms with van der Waals surface area (Å²) in [6.07, 6.45) is -0.318. The lowest BCUT2D eigenvalue weighted by molar-refractivity contribution is -0.123. The Labute approximate surface area is 150 Å². The summed E-state index contributed by atoms with van der Waals surface area (Å²) in [5.41, 5.74) is 0.956. The molecule has 2 aromatic rings. The van der Waals surface area contributed by atoms with Crippen molar-refractivity contribution >= 4 is 38.9 Å². The number of hydrogen-bond donors (Lipinski definition) is 3. The number of carbonyl (C=O) groups excluding carboxylic acids is 2. The lowest BCUT2D eigenvalue weighted by atomic mass is 10.2. The monoisotopic (exact) mass is 375 g/mol. The van der Waals surface area contributed by atoms with Crippen molar-refractivity contribution in [3.05, 3.63) is 42.5 Å². The maximum atomic E-state index is 12.6. The SMILES string of the molecule is CCOc1ccc(NS(=O)(=O)c2ccc3c(c2)NC(=O)CC(=O)N3)cc1. The summed E-state index contributed by atoms with van der Waals surface area (Å²) in [5, 5.41) is 5.07. The topological polar surface area (TPSA) is 114 Å². The second-order valence-corrected chi connectivity index (χ2v) is 7.23. The van der Waals surface area contributed by atoms with Gasteiger partial charge in [-0.25, -0.2) is 8.42 Å². The molecule has 1 heterocycles. The van der Waals surface area contributed by atoms with Crippen molar-refractivity contribution in [1.29, 1.82) is 0 Å². The molecule has 0 saturated carbocycles. The van der Waals surface area contributed by atoms with Gasteiger partial charge in [-0.15, -0.1) is 0 Å². The predicted octanol–water partition coefficient (Wildman–Crippen LogP) is 2.17. The van der Waals surface area contributed by atoms with Crippen LogP contribution in [-0.2, 0) is 19.6 Å². The van der Waals surface area contributed by atoms with Gasteiger partial charge in [-0.3, -0.25) is 14.3 Å². The van der Waals surface area contributed by atoms with Crippen LogP contribution in [0.1, 0.15) is 13.3 Å². The fraction of sp³-hybridized carbons (Fsp3) is 0.176. The van der Waals surface area contributed by atoms with E-state index in [9.17, 15) is 18.0 Å². The largest absolute Gasteiger partial charge is 0.494 e. The average molecular weight is 375 g/mol. The number of sulfonamides is 1. The van der Waals surface area contributed by atoms with E-state index in [0.29, 0.717) is 23.7 Å². The Morgan fingerprint density at radius 1 is 1.00 bits per heavy atom. The molecule has 0 aliphatic carbocycles. The number of anilines is 3. The molecule has 0 aromatic heterocycles. The molecule has 0 radical (unpaired) electrons. The van der Waals surface area contributed by atoms with Crippen LogP contribution in [0.2, 0.25) is 0 Å². The first-order chi connectivity index (χ1) is 12.4. The van der Waals surface area contributed by atoms with Crippen LogP contribution in [0.5, 0.6) is 5.75 Å². The van der Waals surface area contributed by atoms with Gasteiger partial charge in [0.25, 0.3) is 10.0 Å². The van der Waals surface area contributed by atoms with Crippen molar-refractivity contribution in [1.82, 2.24) is 0 Å². The Hall–Kier alpha value is -3.07. The fourth-order valence-electron chi connectivity index (χ4n) is 2.44. The van der Waals surface area contributed by atoms with Crippen LogP contribution < -0.4 is 20.1 Å². The quantitative estimate of drug-likeness (QED) is 0.693. The molecular weight excluding hydrogens is 358 g/mol. The molecule has 8 nitrogen and oxygen atoms in total. The molecule has 1 aliphatic rings. The van der Waals surface area contributed by atoms with Gasteiger partial charge in [0.2, 0.25) is 11.8 Å². The highest BCUT2D eigenvalue weighted by Crippen LogP contribution is 2.29. The maximum absolute atomic E-state index is 12.6. The second kappa shape index (κ2) is 7.04. The number of fused-ring (bicyclic) bond motifs is 1. The molecule has 0 unspecified atom stereocenters. The number of ether oxygens (including phenoxy) is 1. The Morgan fingerprint density at radius 2 is 1.65 bits per heavy atom. The van der Waals surface area contributed by atoms with Crippen LogP contribution in [0.25, 0.3) is 0 Å². The third-order valence-electron chi connectivity index (χ3n) is 3.59. The minimum atomic E-state index is -3.87. The molecule has 2 amide bonds. The Balaban J connectivity index is 1.85. The van der Waals surface area contributed by atoms with Crippen LogP contribution in [0.15, 0.2) is 47.4 Å². The van der Waals surface area contributed by atoms with Crippen LogP contribution in [-0.4, -0.2) is 26.8 Å². The first-order valence-corrected chi connectivity index (χ1v) is 9.35. The molecule has 3 N–H and O–H groups in total. The normalized spacial score (nSPS) is 13.9. The van der Waals surface area contributed by atoms with Gasteiger partial charge in [0.15, 0.2) is 0 Å². The van der Waals surface area contributed by atoms with Gasteiger partial charge >= 0.3 is 0 Å². The zero-order valence-electron chi connectivity index (χ0n) is 13.9. The van der Waals surface area contributed by atoms with Crippen LogP contribution in [0.3, 0.4) is 0 Å². The average Bonchev–Trinajstić information content (AvgIpc) is 2.72. The van der Waals surface area contributed by atoms with E-state index in [1.54, 1.807) is 24.3 Å². The van der Waals surface area contributed by atoms with Gasteiger partial charge in [-0.1, -0.05) is 0 Å². The van der Waals surface area contributed by atoms with E-state index in [2.05, 4.69) is 15.4 Å². The number of hydrogen-bond acceptors (Lipinski definition) is 5. The summed E-state index contributed by atoms with van der Waals surface area (Å²) in [6.45, 7) is 2.37. The zero-order valence-corrected chi connectivity index (χ0v) is 14.7. The van der Waals surface area contributed by atoms with Crippen molar-refractivity contribution < 1.29 is 22.7 Å². The van der Waals surface area contributed by atoms with Gasteiger partial charge < -0.3 is 15.4 Å². The number of nitrogens with one attached hydrogen (secondary N) is 3. The number of benzene rings is 2. The van der Waals surface area contributed by atoms with Crippen molar-refractivity contribution in [2.24, 2.45) is 0 Å². The molecule has 2 aromatic carbocycles. The number of amides is 2. The molecular formula is C17H17N3O5S. The third-order valence-corrected chi connectivity index (χ3v) is 4.97. The molecule has 0 bridgehead atoms. The van der Waals surface area contributed by atoms with E-state index in [4.69, 9.17) is 4.74 Å². The van der Waals surface area contributed by atoms with Gasteiger partial charge in [0, 0.05) is 5.69 Å². The minimum Gasteiger partial charge on any atom is -0.494 e. The standard InChI is InChI=1S/C17H17N3O5S/c1-2-25-12-5-3-11(4-6-12)20-26(23,24)13-7-8-14-15(9-13)19-17(22)10-16(21)18-14/h3-9,20H,2,10H2,1H3,(H,18,21)(H,19,22). The Morgan fingerprint density at radius 3 is 2.31 bits per heavy atom. The smallest absolute Gasteiger partial charge is 0.261 e. The Bertz CT molecular complexity index is 955. The molecule has 0 atom stereocenters. The number of rotatable bonds is 5. The summed E-state index contributed by atoms with van der Waals surface area (Å²) in [6, 6.07) is 10.6. The van der Waals surface area contributed by atoms with E-state index < -0.39 is 21.8 Å².